The number of halogens is 2. The molecule has 7 heteroatoms. The molecule has 2 N–H and O–H groups in total. The van der Waals surface area contributed by atoms with E-state index in [1.165, 1.54) is 4.90 Å². The highest BCUT2D eigenvalue weighted by atomic mass is 79.9. The molecule has 0 bridgehead atoms. The minimum Gasteiger partial charge on any atom is -0.339 e. The summed E-state index contributed by atoms with van der Waals surface area (Å²) < 4.78 is 6.41. The van der Waals surface area contributed by atoms with Crippen molar-refractivity contribution in [2.24, 2.45) is 5.73 Å². The molecule has 1 aliphatic carbocycles. The molecule has 1 aromatic heterocycles. The third-order valence-corrected chi connectivity index (χ3v) is 5.60. The van der Waals surface area contributed by atoms with Gasteiger partial charge in [0.05, 0.1) is 5.54 Å². The molecule has 0 amide bonds. The number of nitrogens with zero attached hydrogens (tertiary/aromatic N) is 2. The highest BCUT2D eigenvalue weighted by Gasteiger charge is 2.38. The highest BCUT2D eigenvalue weighted by molar-refractivity contribution is 9.10. The number of thioether (sulfide) groups is 1. The van der Waals surface area contributed by atoms with E-state index in [1.807, 2.05) is 18.2 Å². The monoisotopic (exact) mass is 389 g/mol. The van der Waals surface area contributed by atoms with E-state index < -0.39 is 0 Å². The van der Waals surface area contributed by atoms with Gasteiger partial charge in [-0.3, -0.25) is 0 Å². The molecule has 2 aromatic rings. The molecule has 0 atom stereocenters. The summed E-state index contributed by atoms with van der Waals surface area (Å²) >= 11 is 5.31. The first-order chi connectivity index (χ1) is 9.67. The predicted molar refractivity (Wildman–Crippen MR) is 89.8 cm³/mol. The first kappa shape index (κ1) is 16.8. The summed E-state index contributed by atoms with van der Waals surface area (Å²) in [5, 5.41) is 4.02. The van der Waals surface area contributed by atoms with E-state index in [4.69, 9.17) is 10.3 Å². The van der Waals surface area contributed by atoms with Gasteiger partial charge in [0.15, 0.2) is 5.82 Å². The van der Waals surface area contributed by atoms with Crippen molar-refractivity contribution in [2.75, 3.05) is 5.75 Å². The Balaban J connectivity index is 0.00000161. The van der Waals surface area contributed by atoms with Crippen molar-refractivity contribution < 1.29 is 4.52 Å². The van der Waals surface area contributed by atoms with Crippen LogP contribution in [0.2, 0.25) is 0 Å². The maximum absolute atomic E-state index is 6.18. The molecule has 1 aromatic carbocycles. The Morgan fingerprint density at radius 1 is 1.33 bits per heavy atom. The summed E-state index contributed by atoms with van der Waals surface area (Å²) in [6.45, 7) is 0. The number of aryl methyl sites for hydroxylation is 1. The molecule has 0 aliphatic heterocycles. The zero-order valence-electron chi connectivity index (χ0n) is 11.4. The average molecular weight is 391 g/mol. The zero-order chi connectivity index (χ0) is 14.0. The maximum atomic E-state index is 6.18. The largest absolute Gasteiger partial charge is 0.339 e. The number of benzene rings is 1. The predicted octanol–water partition coefficient (Wildman–Crippen LogP) is 3.93. The van der Waals surface area contributed by atoms with E-state index >= 15 is 0 Å². The molecule has 1 heterocycles. The van der Waals surface area contributed by atoms with Crippen molar-refractivity contribution in [1.82, 2.24) is 10.1 Å². The van der Waals surface area contributed by atoms with Gasteiger partial charge >= 0.3 is 0 Å². The Labute approximate surface area is 142 Å². The van der Waals surface area contributed by atoms with E-state index in [0.29, 0.717) is 11.7 Å². The Morgan fingerprint density at radius 3 is 2.76 bits per heavy atom. The second-order valence-electron chi connectivity index (χ2n) is 5.05. The van der Waals surface area contributed by atoms with Gasteiger partial charge in [-0.15, -0.1) is 24.2 Å². The van der Waals surface area contributed by atoms with Crippen molar-refractivity contribution >= 4 is 40.1 Å². The van der Waals surface area contributed by atoms with Gasteiger partial charge in [-0.25, -0.2) is 0 Å². The van der Waals surface area contributed by atoms with Crippen molar-refractivity contribution in [2.45, 2.75) is 36.1 Å². The molecule has 0 radical (unpaired) electrons. The van der Waals surface area contributed by atoms with Crippen LogP contribution in [0.5, 0.6) is 0 Å². The van der Waals surface area contributed by atoms with Crippen LogP contribution >= 0.6 is 40.1 Å². The quantitative estimate of drug-likeness (QED) is 0.784. The Hall–Kier alpha value is -0.560. The molecule has 1 fully saturated rings. The lowest BCUT2D eigenvalue weighted by atomic mass is 9.77. The van der Waals surface area contributed by atoms with Crippen molar-refractivity contribution in [3.63, 3.8) is 0 Å². The minimum atomic E-state index is -0.336. The van der Waals surface area contributed by atoms with Gasteiger partial charge in [0.2, 0.25) is 5.89 Å². The smallest absolute Gasteiger partial charge is 0.227 e. The van der Waals surface area contributed by atoms with Crippen molar-refractivity contribution in [1.29, 1.82) is 0 Å². The Bertz CT molecular complexity index is 603. The van der Waals surface area contributed by atoms with Crippen LogP contribution in [-0.4, -0.2) is 15.9 Å². The normalized spacial score (nSPS) is 16.1. The fourth-order valence-electron chi connectivity index (χ4n) is 2.15. The molecule has 0 saturated heterocycles. The van der Waals surface area contributed by atoms with Gasteiger partial charge in [0.25, 0.3) is 0 Å². The number of rotatable bonds is 5. The van der Waals surface area contributed by atoms with Gasteiger partial charge in [-0.2, -0.15) is 4.98 Å². The first-order valence-corrected chi connectivity index (χ1v) is 8.44. The van der Waals surface area contributed by atoms with Crippen LogP contribution in [0, 0.1) is 0 Å². The summed E-state index contributed by atoms with van der Waals surface area (Å²) in [4.78, 5) is 5.65. The van der Waals surface area contributed by atoms with Crippen LogP contribution in [0.15, 0.2) is 38.2 Å². The fraction of sp³-hybridized carbons (Fsp3) is 0.429. The van der Waals surface area contributed by atoms with Crippen molar-refractivity contribution in [3.05, 3.63) is 40.5 Å². The van der Waals surface area contributed by atoms with Crippen molar-refractivity contribution in [3.8, 4) is 0 Å². The molecular weight excluding hydrogens is 374 g/mol. The molecule has 1 saturated carbocycles. The molecule has 3 rings (SSSR count). The summed E-state index contributed by atoms with van der Waals surface area (Å²) in [7, 11) is 0. The lowest BCUT2D eigenvalue weighted by Crippen LogP contribution is -2.44. The van der Waals surface area contributed by atoms with Crippen LogP contribution < -0.4 is 5.73 Å². The number of nitrogens with two attached hydrogens (primary N) is 1. The van der Waals surface area contributed by atoms with Crippen LogP contribution in [0.3, 0.4) is 0 Å². The Morgan fingerprint density at radius 2 is 2.10 bits per heavy atom. The lowest BCUT2D eigenvalue weighted by molar-refractivity contribution is 0.229. The average Bonchev–Trinajstić information content (AvgIpc) is 2.87. The molecule has 0 spiro atoms. The topological polar surface area (TPSA) is 64.9 Å². The van der Waals surface area contributed by atoms with Gasteiger partial charge in [0.1, 0.15) is 0 Å². The molecule has 4 nitrogen and oxygen atoms in total. The third kappa shape index (κ3) is 3.80. The number of hydrogen-bond donors (Lipinski definition) is 1. The second kappa shape index (κ2) is 7.13. The summed E-state index contributed by atoms with van der Waals surface area (Å²) in [6, 6.07) is 8.18. The van der Waals surface area contributed by atoms with Crippen LogP contribution in [0.1, 0.15) is 31.0 Å². The number of hydrogen-bond acceptors (Lipinski definition) is 5. The second-order valence-corrected chi connectivity index (χ2v) is 7.04. The van der Waals surface area contributed by atoms with Crippen LogP contribution in [-0.2, 0) is 12.0 Å². The van der Waals surface area contributed by atoms with E-state index in [-0.39, 0.29) is 17.9 Å². The number of aromatic nitrogens is 2. The minimum absolute atomic E-state index is 0. The van der Waals surface area contributed by atoms with Crippen LogP contribution in [0.4, 0.5) is 0 Å². The standard InChI is InChI=1S/C14H16BrN3OS.ClH/c15-10-4-1-2-5-11(10)20-9-6-12-17-13(18-19-12)14(16)7-3-8-14;/h1-2,4-5H,3,6-9,16H2;1H. The molecule has 1 aliphatic rings. The van der Waals surface area contributed by atoms with Gasteiger partial charge in [-0.05, 0) is 47.3 Å². The van der Waals surface area contributed by atoms with E-state index in [2.05, 4.69) is 32.1 Å². The molecule has 114 valence electrons. The van der Waals surface area contributed by atoms with E-state index in [0.717, 1.165) is 35.9 Å². The van der Waals surface area contributed by atoms with Gasteiger partial charge in [-0.1, -0.05) is 17.3 Å². The summed E-state index contributed by atoms with van der Waals surface area (Å²) in [5.41, 5.74) is 5.84. The highest BCUT2D eigenvalue weighted by Crippen LogP contribution is 2.37. The summed E-state index contributed by atoms with van der Waals surface area (Å²) in [5.74, 6) is 2.25. The molecule has 0 unspecified atom stereocenters. The summed E-state index contributed by atoms with van der Waals surface area (Å²) in [6.07, 6.45) is 3.82. The van der Waals surface area contributed by atoms with Crippen LogP contribution in [0.25, 0.3) is 0 Å². The third-order valence-electron chi connectivity index (χ3n) is 3.57. The Kier molecular flexibility index (Phi) is 5.71. The first-order valence-electron chi connectivity index (χ1n) is 6.67. The molecular formula is C14H17BrClN3OS. The maximum Gasteiger partial charge on any atom is 0.227 e. The van der Waals surface area contributed by atoms with E-state index in [9.17, 15) is 0 Å². The molecule has 21 heavy (non-hydrogen) atoms. The zero-order valence-corrected chi connectivity index (χ0v) is 14.6. The lowest BCUT2D eigenvalue weighted by Gasteiger charge is -2.34. The van der Waals surface area contributed by atoms with E-state index in [1.54, 1.807) is 11.8 Å². The fourth-order valence-corrected chi connectivity index (χ4v) is 3.66. The SMILES string of the molecule is Cl.NC1(c2noc(CCSc3ccccc3Br)n2)CCC1. The van der Waals surface area contributed by atoms with Gasteiger partial charge < -0.3 is 10.3 Å². The van der Waals surface area contributed by atoms with Gasteiger partial charge in [0, 0.05) is 21.5 Å².